The average Bonchev–Trinajstić information content (AvgIpc) is 3.16. The van der Waals surface area contributed by atoms with Crippen LogP contribution in [0, 0.1) is 0 Å². The van der Waals surface area contributed by atoms with Crippen LogP contribution in [0.25, 0.3) is 11.2 Å². The molecule has 0 saturated carbocycles. The number of nitrogen functional groups attached to an aromatic ring is 1. The molecule has 0 aliphatic rings. The molecular weight excluding hydrogens is 364 g/mol. The third-order valence-corrected chi connectivity index (χ3v) is 4.77. The van der Waals surface area contributed by atoms with Crippen LogP contribution in [0.5, 0.6) is 6.01 Å². The minimum atomic E-state index is 0.305. The fourth-order valence-corrected chi connectivity index (χ4v) is 3.26. The summed E-state index contributed by atoms with van der Waals surface area (Å²) in [5.41, 5.74) is 9.96. The van der Waals surface area contributed by atoms with E-state index in [1.54, 1.807) is 6.33 Å². The maximum absolute atomic E-state index is 6.07. The molecule has 4 rings (SSSR count). The predicted molar refractivity (Wildman–Crippen MR) is 113 cm³/mol. The van der Waals surface area contributed by atoms with Crippen LogP contribution in [0.2, 0.25) is 0 Å². The summed E-state index contributed by atoms with van der Waals surface area (Å²) < 4.78 is 7.77. The third-order valence-electron chi connectivity index (χ3n) is 4.77. The third kappa shape index (κ3) is 4.87. The highest BCUT2D eigenvalue weighted by molar-refractivity contribution is 5.81. The van der Waals surface area contributed by atoms with E-state index in [1.165, 1.54) is 11.1 Å². The number of imidazole rings is 1. The minimum Gasteiger partial charge on any atom is -0.463 e. The molecule has 3 aromatic heterocycles. The summed E-state index contributed by atoms with van der Waals surface area (Å²) in [6.45, 7) is 1.33. The molecular formula is C22H24N6O. The number of nitrogens with zero attached hydrogens (tertiary/aromatic N) is 5. The van der Waals surface area contributed by atoms with Crippen molar-refractivity contribution in [3.05, 3.63) is 72.3 Å². The smallest absolute Gasteiger partial charge is 0.320 e. The van der Waals surface area contributed by atoms with Gasteiger partial charge in [0.2, 0.25) is 0 Å². The first kappa shape index (κ1) is 18.9. The monoisotopic (exact) mass is 388 g/mol. The molecule has 0 atom stereocenters. The molecule has 0 spiro atoms. The van der Waals surface area contributed by atoms with E-state index in [1.807, 2.05) is 47.3 Å². The summed E-state index contributed by atoms with van der Waals surface area (Å²) in [5, 5.41) is 0. The van der Waals surface area contributed by atoms with Crippen molar-refractivity contribution in [2.75, 3.05) is 12.3 Å². The van der Waals surface area contributed by atoms with E-state index >= 15 is 0 Å². The zero-order chi connectivity index (χ0) is 19.9. The van der Waals surface area contributed by atoms with E-state index in [2.05, 4.69) is 32.1 Å². The predicted octanol–water partition coefficient (Wildman–Crippen LogP) is 3.45. The lowest BCUT2D eigenvalue weighted by Gasteiger charge is -2.08. The molecule has 0 bridgehead atoms. The molecule has 1 aromatic carbocycles. The van der Waals surface area contributed by atoms with Gasteiger partial charge in [0.15, 0.2) is 11.5 Å². The summed E-state index contributed by atoms with van der Waals surface area (Å²) in [4.78, 5) is 17.2. The summed E-state index contributed by atoms with van der Waals surface area (Å²) in [7, 11) is 0. The number of nitrogens with two attached hydrogens (primary N) is 1. The number of aromatic nitrogens is 5. The lowest BCUT2D eigenvalue weighted by molar-refractivity contribution is 0.288. The SMILES string of the molecule is Nc1nc(OCCCc2ccccc2)nc2c1ncn2CCCc1ccncc1. The van der Waals surface area contributed by atoms with Gasteiger partial charge in [-0.05, 0) is 48.9 Å². The average molecular weight is 388 g/mol. The van der Waals surface area contributed by atoms with Crippen LogP contribution < -0.4 is 10.5 Å². The van der Waals surface area contributed by atoms with E-state index in [0.29, 0.717) is 29.6 Å². The molecule has 0 amide bonds. The minimum absolute atomic E-state index is 0.305. The van der Waals surface area contributed by atoms with E-state index in [4.69, 9.17) is 10.5 Å². The number of fused-ring (bicyclic) bond motifs is 1. The number of aryl methyl sites for hydroxylation is 3. The lowest BCUT2D eigenvalue weighted by atomic mass is 10.1. The van der Waals surface area contributed by atoms with Gasteiger partial charge in [0.1, 0.15) is 5.52 Å². The van der Waals surface area contributed by atoms with Crippen LogP contribution in [-0.2, 0) is 19.4 Å². The van der Waals surface area contributed by atoms with Gasteiger partial charge in [0.25, 0.3) is 0 Å². The van der Waals surface area contributed by atoms with Gasteiger partial charge in [-0.1, -0.05) is 30.3 Å². The first-order valence-electron chi connectivity index (χ1n) is 9.83. The largest absolute Gasteiger partial charge is 0.463 e. The fraction of sp³-hybridized carbons (Fsp3) is 0.273. The zero-order valence-corrected chi connectivity index (χ0v) is 16.2. The number of benzene rings is 1. The zero-order valence-electron chi connectivity index (χ0n) is 16.2. The molecule has 0 saturated heterocycles. The Bertz CT molecular complexity index is 1050. The van der Waals surface area contributed by atoms with E-state index in [-0.39, 0.29) is 0 Å². The van der Waals surface area contributed by atoms with Gasteiger partial charge >= 0.3 is 6.01 Å². The quantitative estimate of drug-likeness (QED) is 0.442. The number of pyridine rings is 1. The second kappa shape index (κ2) is 9.14. The molecule has 0 unspecified atom stereocenters. The molecule has 0 aliphatic heterocycles. The maximum Gasteiger partial charge on any atom is 0.320 e. The van der Waals surface area contributed by atoms with Gasteiger partial charge in [-0.15, -0.1) is 0 Å². The second-order valence-electron chi connectivity index (χ2n) is 6.90. The molecule has 0 fully saturated rings. The van der Waals surface area contributed by atoms with Crippen molar-refractivity contribution >= 4 is 17.0 Å². The molecule has 0 aliphatic carbocycles. The summed E-state index contributed by atoms with van der Waals surface area (Å²) in [5.74, 6) is 0.348. The van der Waals surface area contributed by atoms with Crippen molar-refractivity contribution < 1.29 is 4.74 Å². The summed E-state index contributed by atoms with van der Waals surface area (Å²) >= 11 is 0. The van der Waals surface area contributed by atoms with Crippen LogP contribution >= 0.6 is 0 Å². The summed E-state index contributed by atoms with van der Waals surface area (Å²) in [6, 6.07) is 14.7. The van der Waals surface area contributed by atoms with Crippen LogP contribution in [0.1, 0.15) is 24.0 Å². The number of anilines is 1. The Hall–Kier alpha value is -3.48. The Kier molecular flexibility index (Phi) is 5.95. The van der Waals surface area contributed by atoms with Crippen molar-refractivity contribution in [1.29, 1.82) is 0 Å². The van der Waals surface area contributed by atoms with Crippen LogP contribution in [0.15, 0.2) is 61.2 Å². The maximum atomic E-state index is 6.07. The van der Waals surface area contributed by atoms with Gasteiger partial charge in [0, 0.05) is 18.9 Å². The van der Waals surface area contributed by atoms with Crippen LogP contribution in [-0.4, -0.2) is 31.1 Å². The van der Waals surface area contributed by atoms with Gasteiger partial charge in [0.05, 0.1) is 12.9 Å². The van der Waals surface area contributed by atoms with Gasteiger partial charge in [-0.3, -0.25) is 4.98 Å². The Morgan fingerprint density at radius 3 is 2.48 bits per heavy atom. The Morgan fingerprint density at radius 1 is 0.897 bits per heavy atom. The Morgan fingerprint density at radius 2 is 1.66 bits per heavy atom. The fourth-order valence-electron chi connectivity index (χ4n) is 3.26. The van der Waals surface area contributed by atoms with E-state index in [9.17, 15) is 0 Å². The van der Waals surface area contributed by atoms with Gasteiger partial charge < -0.3 is 15.0 Å². The van der Waals surface area contributed by atoms with Gasteiger partial charge in [-0.2, -0.15) is 9.97 Å². The number of rotatable bonds is 9. The number of ether oxygens (including phenoxy) is 1. The molecule has 7 nitrogen and oxygen atoms in total. The molecule has 3 heterocycles. The van der Waals surface area contributed by atoms with Crippen LogP contribution in [0.3, 0.4) is 0 Å². The van der Waals surface area contributed by atoms with Crippen LogP contribution in [0.4, 0.5) is 5.82 Å². The molecule has 148 valence electrons. The lowest BCUT2D eigenvalue weighted by Crippen LogP contribution is -2.06. The highest BCUT2D eigenvalue weighted by atomic mass is 16.5. The highest BCUT2D eigenvalue weighted by Crippen LogP contribution is 2.20. The topological polar surface area (TPSA) is 91.7 Å². The van der Waals surface area contributed by atoms with Gasteiger partial charge in [-0.25, -0.2) is 4.98 Å². The Balaban J connectivity index is 1.36. The molecule has 29 heavy (non-hydrogen) atoms. The first-order chi connectivity index (χ1) is 14.3. The molecule has 0 radical (unpaired) electrons. The van der Waals surface area contributed by atoms with E-state index in [0.717, 1.165) is 32.2 Å². The Labute approximate surface area is 169 Å². The first-order valence-corrected chi connectivity index (χ1v) is 9.83. The molecule has 7 heteroatoms. The van der Waals surface area contributed by atoms with Crippen molar-refractivity contribution in [3.63, 3.8) is 0 Å². The summed E-state index contributed by atoms with van der Waals surface area (Å²) in [6.07, 6.45) is 9.16. The van der Waals surface area contributed by atoms with E-state index < -0.39 is 0 Å². The highest BCUT2D eigenvalue weighted by Gasteiger charge is 2.12. The van der Waals surface area contributed by atoms with Crippen molar-refractivity contribution in [3.8, 4) is 6.01 Å². The normalized spacial score (nSPS) is 11.0. The molecule has 4 aromatic rings. The van der Waals surface area contributed by atoms with Crippen molar-refractivity contribution in [2.45, 2.75) is 32.2 Å². The number of hydrogen-bond acceptors (Lipinski definition) is 6. The number of hydrogen-bond donors (Lipinski definition) is 1. The second-order valence-corrected chi connectivity index (χ2v) is 6.90. The van der Waals surface area contributed by atoms with Crippen molar-refractivity contribution in [2.24, 2.45) is 0 Å². The molecule has 2 N–H and O–H groups in total. The van der Waals surface area contributed by atoms with Crippen molar-refractivity contribution in [1.82, 2.24) is 24.5 Å². The standard InChI is InChI=1S/C22H24N6O/c23-20-19-21(28(16-25-19)14-4-8-18-10-12-24-13-11-18)27-22(26-20)29-15-5-9-17-6-2-1-3-7-17/h1-3,6-7,10-13,16H,4-5,8-9,14-15H2,(H2,23,26,27).